The molecular formula is C15H12N4O3S. The highest BCUT2D eigenvalue weighted by molar-refractivity contribution is 7.09. The van der Waals surface area contributed by atoms with Gasteiger partial charge < -0.3 is 10.1 Å². The van der Waals surface area contributed by atoms with Gasteiger partial charge in [-0.3, -0.25) is 10.1 Å². The number of nitrogens with one attached hydrogen (secondary N) is 1. The molecule has 0 aliphatic carbocycles. The number of hydrogen-bond acceptors (Lipinski definition) is 7. The highest BCUT2D eigenvalue weighted by atomic mass is 32.1. The van der Waals surface area contributed by atoms with Gasteiger partial charge >= 0.3 is 0 Å². The third kappa shape index (κ3) is 3.43. The lowest BCUT2D eigenvalue weighted by Gasteiger charge is -2.01. The molecule has 0 fully saturated rings. The molecule has 8 heteroatoms. The zero-order valence-electron chi connectivity index (χ0n) is 12.1. The van der Waals surface area contributed by atoms with E-state index in [9.17, 15) is 10.1 Å². The van der Waals surface area contributed by atoms with Gasteiger partial charge in [-0.25, -0.2) is 0 Å². The summed E-state index contributed by atoms with van der Waals surface area (Å²) in [6.45, 7) is 0. The van der Waals surface area contributed by atoms with Crippen molar-refractivity contribution in [3.05, 3.63) is 58.6 Å². The molecule has 2 aromatic carbocycles. The second-order valence-electron chi connectivity index (χ2n) is 4.58. The number of rotatable bonds is 5. The van der Waals surface area contributed by atoms with Crippen LogP contribution in [0.3, 0.4) is 0 Å². The molecule has 0 aliphatic rings. The summed E-state index contributed by atoms with van der Waals surface area (Å²) in [5, 5.41) is 14.3. The molecule has 7 nitrogen and oxygen atoms in total. The number of methoxy groups -OCH3 is 1. The number of anilines is 2. The molecule has 0 saturated carbocycles. The molecule has 3 rings (SSSR count). The zero-order chi connectivity index (χ0) is 16.2. The van der Waals surface area contributed by atoms with Crippen LogP contribution in [-0.2, 0) is 0 Å². The highest BCUT2D eigenvalue weighted by Gasteiger charge is 2.09. The number of aromatic nitrogens is 2. The molecule has 0 bridgehead atoms. The van der Waals surface area contributed by atoms with E-state index in [1.165, 1.54) is 23.7 Å². The van der Waals surface area contributed by atoms with E-state index in [-0.39, 0.29) is 5.69 Å². The molecule has 116 valence electrons. The number of non-ortho nitro benzene ring substituents is 1. The van der Waals surface area contributed by atoms with E-state index in [4.69, 9.17) is 4.74 Å². The van der Waals surface area contributed by atoms with Crippen LogP contribution >= 0.6 is 11.5 Å². The molecule has 1 aromatic heterocycles. The summed E-state index contributed by atoms with van der Waals surface area (Å²) in [6.07, 6.45) is 0. The van der Waals surface area contributed by atoms with Crippen LogP contribution in [0.15, 0.2) is 48.5 Å². The van der Waals surface area contributed by atoms with Crippen molar-refractivity contribution in [2.24, 2.45) is 0 Å². The van der Waals surface area contributed by atoms with Crippen LogP contribution in [0, 0.1) is 10.1 Å². The van der Waals surface area contributed by atoms with Crippen molar-refractivity contribution in [2.75, 3.05) is 12.4 Å². The predicted molar refractivity (Wildman–Crippen MR) is 88.3 cm³/mol. The first-order chi connectivity index (χ1) is 11.2. The number of nitrogens with zero attached hydrogens (tertiary/aromatic N) is 3. The second-order valence-corrected chi connectivity index (χ2v) is 5.34. The minimum Gasteiger partial charge on any atom is -0.497 e. The Kier molecular flexibility index (Phi) is 4.15. The molecule has 0 aliphatic heterocycles. The average Bonchev–Trinajstić information content (AvgIpc) is 3.04. The molecule has 3 aromatic rings. The Balaban J connectivity index is 1.77. The van der Waals surface area contributed by atoms with Crippen molar-refractivity contribution in [2.45, 2.75) is 0 Å². The summed E-state index contributed by atoms with van der Waals surface area (Å²) in [4.78, 5) is 14.6. The zero-order valence-corrected chi connectivity index (χ0v) is 12.9. The van der Waals surface area contributed by atoms with Crippen LogP contribution in [0.4, 0.5) is 16.5 Å². The normalized spacial score (nSPS) is 10.3. The fourth-order valence-corrected chi connectivity index (χ4v) is 2.55. The first kappa shape index (κ1) is 14.9. The Morgan fingerprint density at radius 1 is 1.22 bits per heavy atom. The summed E-state index contributed by atoms with van der Waals surface area (Å²) in [7, 11) is 1.61. The Morgan fingerprint density at radius 2 is 2.00 bits per heavy atom. The summed E-state index contributed by atoms with van der Waals surface area (Å²) in [6, 6.07) is 13.6. The Labute approximate surface area is 135 Å². The molecule has 0 amide bonds. The predicted octanol–water partition coefficient (Wildman–Crippen LogP) is 3.87. The molecule has 1 N–H and O–H groups in total. The fourth-order valence-electron chi connectivity index (χ4n) is 1.94. The number of hydrogen-bond donors (Lipinski definition) is 1. The van der Waals surface area contributed by atoms with Crippen molar-refractivity contribution < 1.29 is 9.66 Å². The quantitative estimate of drug-likeness (QED) is 0.565. The maximum absolute atomic E-state index is 10.6. The largest absolute Gasteiger partial charge is 0.497 e. The summed E-state index contributed by atoms with van der Waals surface area (Å²) >= 11 is 1.22. The van der Waals surface area contributed by atoms with Crippen LogP contribution in [0.1, 0.15) is 0 Å². The van der Waals surface area contributed by atoms with Crippen molar-refractivity contribution in [3.63, 3.8) is 0 Å². The monoisotopic (exact) mass is 328 g/mol. The highest BCUT2D eigenvalue weighted by Crippen LogP contribution is 2.26. The molecule has 23 heavy (non-hydrogen) atoms. The lowest BCUT2D eigenvalue weighted by molar-refractivity contribution is -0.384. The third-order valence-electron chi connectivity index (χ3n) is 3.08. The number of nitro groups is 1. The lowest BCUT2D eigenvalue weighted by atomic mass is 10.2. The van der Waals surface area contributed by atoms with E-state index in [0.717, 1.165) is 11.3 Å². The lowest BCUT2D eigenvalue weighted by Crippen LogP contribution is -1.91. The van der Waals surface area contributed by atoms with Crippen molar-refractivity contribution in [3.8, 4) is 17.1 Å². The standard InChI is InChI=1S/C15H12N4O3S/c1-22-13-4-2-3-10(9-13)14-17-15(23-18-14)16-11-5-7-12(8-6-11)19(20)21/h2-9H,1H3,(H,16,17,18). The van der Waals surface area contributed by atoms with Gasteiger partial charge in [0, 0.05) is 34.9 Å². The Bertz CT molecular complexity index is 833. The van der Waals surface area contributed by atoms with Crippen LogP contribution in [0.5, 0.6) is 5.75 Å². The smallest absolute Gasteiger partial charge is 0.269 e. The van der Waals surface area contributed by atoms with Gasteiger partial charge in [-0.05, 0) is 24.3 Å². The second kappa shape index (κ2) is 6.41. The molecule has 0 atom stereocenters. The van der Waals surface area contributed by atoms with Gasteiger partial charge in [0.2, 0.25) is 5.13 Å². The van der Waals surface area contributed by atoms with Crippen molar-refractivity contribution >= 4 is 28.0 Å². The Morgan fingerprint density at radius 3 is 2.70 bits per heavy atom. The molecule has 0 unspecified atom stereocenters. The van der Waals surface area contributed by atoms with E-state index in [1.807, 2.05) is 24.3 Å². The maximum Gasteiger partial charge on any atom is 0.269 e. The van der Waals surface area contributed by atoms with Gasteiger partial charge in [0.1, 0.15) is 5.75 Å². The van der Waals surface area contributed by atoms with E-state index in [1.54, 1.807) is 19.2 Å². The van der Waals surface area contributed by atoms with E-state index in [2.05, 4.69) is 14.7 Å². The van der Waals surface area contributed by atoms with Crippen molar-refractivity contribution in [1.29, 1.82) is 0 Å². The molecular weight excluding hydrogens is 316 g/mol. The van der Waals surface area contributed by atoms with Crippen LogP contribution in [-0.4, -0.2) is 21.4 Å². The minimum absolute atomic E-state index is 0.0462. The van der Waals surface area contributed by atoms with Crippen LogP contribution in [0.2, 0.25) is 0 Å². The third-order valence-corrected chi connectivity index (χ3v) is 3.71. The van der Waals surface area contributed by atoms with Crippen molar-refractivity contribution in [1.82, 2.24) is 9.36 Å². The fraction of sp³-hybridized carbons (Fsp3) is 0.0667. The van der Waals surface area contributed by atoms with Gasteiger partial charge in [-0.1, -0.05) is 12.1 Å². The maximum atomic E-state index is 10.6. The number of benzene rings is 2. The SMILES string of the molecule is COc1cccc(-c2nsc(Nc3ccc([N+](=O)[O-])cc3)n2)c1. The van der Waals surface area contributed by atoms with Gasteiger partial charge in [-0.15, -0.1) is 0 Å². The van der Waals surface area contributed by atoms with E-state index >= 15 is 0 Å². The summed E-state index contributed by atoms with van der Waals surface area (Å²) in [5.74, 6) is 1.33. The van der Waals surface area contributed by atoms with Gasteiger partial charge in [0.25, 0.3) is 5.69 Å². The van der Waals surface area contributed by atoms with Gasteiger partial charge in [0.05, 0.1) is 12.0 Å². The average molecular weight is 328 g/mol. The van der Waals surface area contributed by atoms with Crippen LogP contribution < -0.4 is 10.1 Å². The minimum atomic E-state index is -0.435. The van der Waals surface area contributed by atoms with E-state index in [0.29, 0.717) is 16.6 Å². The van der Waals surface area contributed by atoms with E-state index < -0.39 is 4.92 Å². The Hall–Kier alpha value is -3.00. The summed E-state index contributed by atoms with van der Waals surface area (Å²) < 4.78 is 9.49. The van der Waals surface area contributed by atoms with Gasteiger partial charge in [0.15, 0.2) is 5.82 Å². The first-order valence-corrected chi connectivity index (χ1v) is 7.42. The summed E-state index contributed by atoms with van der Waals surface area (Å²) in [5.41, 5.74) is 1.62. The molecule has 0 radical (unpaired) electrons. The van der Waals surface area contributed by atoms with Crippen LogP contribution in [0.25, 0.3) is 11.4 Å². The number of nitro benzene ring substituents is 1. The number of ether oxygens (including phenoxy) is 1. The first-order valence-electron chi connectivity index (χ1n) is 6.65. The molecule has 1 heterocycles. The molecule has 0 saturated heterocycles. The topological polar surface area (TPSA) is 90.2 Å². The van der Waals surface area contributed by atoms with Gasteiger partial charge in [-0.2, -0.15) is 9.36 Å². The molecule has 0 spiro atoms.